The van der Waals surface area contributed by atoms with Crippen molar-refractivity contribution >= 4 is 18.0 Å². The summed E-state index contributed by atoms with van der Waals surface area (Å²) in [5, 5.41) is 4.11. The molecule has 10 nitrogen and oxygen atoms in total. The van der Waals surface area contributed by atoms with E-state index in [0.717, 1.165) is 0 Å². The molecule has 2 aromatic carbocycles. The Hall–Kier alpha value is -5.15. The Balaban J connectivity index is 1.48. The normalized spacial score (nSPS) is 16.6. The molecule has 0 N–H and O–H groups in total. The minimum Gasteiger partial charge on any atom is -0.465 e. The zero-order valence-electron chi connectivity index (χ0n) is 25.9. The van der Waals surface area contributed by atoms with Crippen LogP contribution in [-0.2, 0) is 30.7 Å². The molecule has 2 unspecified atom stereocenters. The van der Waals surface area contributed by atoms with Gasteiger partial charge in [0.1, 0.15) is 5.75 Å². The number of esters is 1. The van der Waals surface area contributed by atoms with Crippen molar-refractivity contribution < 1.29 is 45.4 Å². The first-order valence-electron chi connectivity index (χ1n) is 14.7. The van der Waals surface area contributed by atoms with Crippen LogP contribution in [-0.4, -0.2) is 62.4 Å². The number of halogens is 6. The highest BCUT2D eigenvalue weighted by Crippen LogP contribution is 2.37. The van der Waals surface area contributed by atoms with Gasteiger partial charge >= 0.3 is 24.4 Å². The summed E-state index contributed by atoms with van der Waals surface area (Å²) in [7, 11) is 2.93. The van der Waals surface area contributed by atoms with Crippen LogP contribution in [0.1, 0.15) is 46.8 Å². The Bertz CT molecular complexity index is 1740. The van der Waals surface area contributed by atoms with E-state index >= 15 is 0 Å². The molecule has 0 saturated carbocycles. The Morgan fingerprint density at radius 2 is 1.62 bits per heavy atom. The summed E-state index contributed by atoms with van der Waals surface area (Å²) in [6.45, 7) is 1.40. The fraction of sp³-hybridized carbons (Fsp3) is 0.344. The second-order valence-corrected chi connectivity index (χ2v) is 11.2. The van der Waals surface area contributed by atoms with Gasteiger partial charge in [0.2, 0.25) is 5.95 Å². The van der Waals surface area contributed by atoms with Gasteiger partial charge in [0, 0.05) is 55.9 Å². The number of ether oxygens (including phenoxy) is 2. The Kier molecular flexibility index (Phi) is 9.64. The van der Waals surface area contributed by atoms with Crippen LogP contribution < -0.4 is 9.64 Å². The molecule has 2 atom stereocenters. The number of methoxy groups -OCH3 is 1. The van der Waals surface area contributed by atoms with E-state index in [1.54, 1.807) is 24.1 Å². The molecule has 16 heteroatoms. The number of carbonyl (C=O) groups excluding carboxylic acids is 2. The van der Waals surface area contributed by atoms with Crippen LogP contribution in [0.2, 0.25) is 0 Å². The van der Waals surface area contributed by atoms with Gasteiger partial charge in [-0.15, -0.1) is 0 Å². The van der Waals surface area contributed by atoms with Gasteiger partial charge in [-0.05, 0) is 54.8 Å². The number of likely N-dealkylation sites (tertiary alicyclic amines) is 1. The van der Waals surface area contributed by atoms with Crippen LogP contribution in [0, 0.1) is 0 Å². The number of hydrogen-bond donors (Lipinski definition) is 0. The van der Waals surface area contributed by atoms with Crippen LogP contribution in [0.25, 0.3) is 11.1 Å². The summed E-state index contributed by atoms with van der Waals surface area (Å²) in [5.74, 6) is -0.514. The van der Waals surface area contributed by atoms with Gasteiger partial charge < -0.3 is 19.3 Å². The van der Waals surface area contributed by atoms with E-state index in [-0.39, 0.29) is 41.9 Å². The number of rotatable bonds is 8. The molecule has 0 spiro atoms. The number of alkyl halides is 6. The van der Waals surface area contributed by atoms with Crippen LogP contribution in [0.15, 0.2) is 67.3 Å². The van der Waals surface area contributed by atoms with Gasteiger partial charge in [-0.25, -0.2) is 19.6 Å². The lowest BCUT2D eigenvalue weighted by Crippen LogP contribution is -2.41. The van der Waals surface area contributed by atoms with Crippen molar-refractivity contribution in [3.05, 3.63) is 89.5 Å². The van der Waals surface area contributed by atoms with Crippen molar-refractivity contribution in [1.29, 1.82) is 0 Å². The van der Waals surface area contributed by atoms with E-state index in [1.165, 1.54) is 53.6 Å². The van der Waals surface area contributed by atoms with Gasteiger partial charge in [0.25, 0.3) is 0 Å². The average molecular weight is 677 g/mol. The highest BCUT2D eigenvalue weighted by molar-refractivity contribution is 5.90. The minimum atomic E-state index is -5.03. The molecule has 1 aliphatic heterocycles. The third-order valence-electron chi connectivity index (χ3n) is 7.93. The van der Waals surface area contributed by atoms with E-state index in [4.69, 9.17) is 9.47 Å². The predicted octanol–water partition coefficient (Wildman–Crippen LogP) is 6.76. The molecule has 2 aromatic heterocycles. The first-order chi connectivity index (χ1) is 22.7. The van der Waals surface area contributed by atoms with E-state index in [1.807, 2.05) is 6.92 Å². The molecule has 0 radical (unpaired) electrons. The first kappa shape index (κ1) is 34.2. The molecular formula is C32H30F6N6O4. The topological polar surface area (TPSA) is 103 Å². The van der Waals surface area contributed by atoms with Crippen LogP contribution in [0.4, 0.5) is 37.1 Å². The first-order valence-corrected chi connectivity index (χ1v) is 14.7. The molecule has 1 fully saturated rings. The van der Waals surface area contributed by atoms with Gasteiger partial charge in [0.05, 0.1) is 36.0 Å². The maximum Gasteiger partial charge on any atom is 0.416 e. The number of aromatic nitrogens is 4. The molecule has 1 amide bonds. The summed E-state index contributed by atoms with van der Waals surface area (Å²) < 4.78 is 94.1. The summed E-state index contributed by atoms with van der Waals surface area (Å²) in [5.41, 5.74) is -1.73. The standard InChI is InChI=1S/C32H30F6N6O4/c1-4-25-12-26(18-44(25)30(46)48-27-7-5-6-20(10-27)28(45)47-3)43(29-39-13-21(14-40-29)22-15-41-42(2)17-22)16-19-8-23(31(33,34)35)11-24(9-19)32(36,37)38/h5-11,13-15,17,25-26H,4,12,16,18H2,1-3H3. The summed E-state index contributed by atoms with van der Waals surface area (Å²) in [6.07, 6.45) is -3.80. The fourth-order valence-corrected chi connectivity index (χ4v) is 5.55. The zero-order chi connectivity index (χ0) is 34.8. The van der Waals surface area contributed by atoms with Crippen molar-refractivity contribution in [3.63, 3.8) is 0 Å². The summed E-state index contributed by atoms with van der Waals surface area (Å²) >= 11 is 0. The maximum absolute atomic E-state index is 13.7. The molecule has 1 aliphatic rings. The van der Waals surface area contributed by atoms with E-state index in [2.05, 4.69) is 15.1 Å². The lowest BCUT2D eigenvalue weighted by molar-refractivity contribution is -0.143. The minimum absolute atomic E-state index is 0.00710. The molecule has 254 valence electrons. The third-order valence-corrected chi connectivity index (χ3v) is 7.93. The van der Waals surface area contributed by atoms with E-state index in [0.29, 0.717) is 29.7 Å². The Morgan fingerprint density at radius 1 is 0.958 bits per heavy atom. The van der Waals surface area contributed by atoms with Crippen molar-refractivity contribution in [2.75, 3.05) is 18.6 Å². The van der Waals surface area contributed by atoms with E-state index < -0.39 is 54.2 Å². The number of carbonyl (C=O) groups is 2. The van der Waals surface area contributed by atoms with Crippen molar-refractivity contribution in [1.82, 2.24) is 24.6 Å². The molecular weight excluding hydrogens is 646 g/mol. The second kappa shape index (κ2) is 13.5. The molecule has 48 heavy (non-hydrogen) atoms. The number of amides is 1. The van der Waals surface area contributed by atoms with Gasteiger partial charge in [-0.2, -0.15) is 31.4 Å². The number of benzene rings is 2. The van der Waals surface area contributed by atoms with Crippen LogP contribution in [0.3, 0.4) is 0 Å². The predicted molar refractivity (Wildman–Crippen MR) is 160 cm³/mol. The number of nitrogens with zero attached hydrogens (tertiary/aromatic N) is 6. The van der Waals surface area contributed by atoms with Crippen LogP contribution in [0.5, 0.6) is 5.75 Å². The van der Waals surface area contributed by atoms with Crippen molar-refractivity contribution in [3.8, 4) is 16.9 Å². The largest absolute Gasteiger partial charge is 0.465 e. The average Bonchev–Trinajstić information content (AvgIpc) is 3.69. The summed E-state index contributed by atoms with van der Waals surface area (Å²) in [6, 6.07) is 6.19. The maximum atomic E-state index is 13.7. The highest BCUT2D eigenvalue weighted by atomic mass is 19.4. The molecule has 0 aliphatic carbocycles. The monoisotopic (exact) mass is 676 g/mol. The number of aryl methyl sites for hydroxylation is 1. The number of hydrogen-bond acceptors (Lipinski definition) is 8. The molecule has 0 bridgehead atoms. The molecule has 1 saturated heterocycles. The van der Waals surface area contributed by atoms with Gasteiger partial charge in [-0.3, -0.25) is 4.68 Å². The molecule has 3 heterocycles. The number of anilines is 1. The Morgan fingerprint density at radius 3 is 2.19 bits per heavy atom. The van der Waals surface area contributed by atoms with Crippen molar-refractivity contribution in [2.45, 2.75) is 50.7 Å². The van der Waals surface area contributed by atoms with Crippen LogP contribution >= 0.6 is 0 Å². The fourth-order valence-electron chi connectivity index (χ4n) is 5.55. The SMILES string of the molecule is CCC1CC(N(Cc2cc(C(F)(F)F)cc(C(F)(F)F)c2)c2ncc(-c3cnn(C)c3)cn2)CN1C(=O)Oc1cccc(C(=O)OC)c1. The summed E-state index contributed by atoms with van der Waals surface area (Å²) in [4.78, 5) is 37.1. The van der Waals surface area contributed by atoms with Gasteiger partial charge in [-0.1, -0.05) is 13.0 Å². The third kappa shape index (κ3) is 7.69. The zero-order valence-corrected chi connectivity index (χ0v) is 25.9. The Labute approximate surface area is 270 Å². The molecule has 4 aromatic rings. The smallest absolute Gasteiger partial charge is 0.416 e. The lowest BCUT2D eigenvalue weighted by atomic mass is 10.0. The quantitative estimate of drug-likeness (QED) is 0.149. The lowest BCUT2D eigenvalue weighted by Gasteiger charge is -2.29. The highest BCUT2D eigenvalue weighted by Gasteiger charge is 2.41. The molecule has 5 rings (SSSR count). The van der Waals surface area contributed by atoms with E-state index in [9.17, 15) is 35.9 Å². The van der Waals surface area contributed by atoms with Gasteiger partial charge in [0.15, 0.2) is 0 Å². The second-order valence-electron chi connectivity index (χ2n) is 11.2. The van der Waals surface area contributed by atoms with Crippen molar-refractivity contribution in [2.24, 2.45) is 7.05 Å².